The summed E-state index contributed by atoms with van der Waals surface area (Å²) in [5.41, 5.74) is 0.881. The zero-order valence-electron chi connectivity index (χ0n) is 22.6. The molecule has 0 radical (unpaired) electrons. The summed E-state index contributed by atoms with van der Waals surface area (Å²) in [6.45, 7) is 14.0. The molecule has 0 fully saturated rings. The highest BCUT2D eigenvalue weighted by Crippen LogP contribution is 2.24. The van der Waals surface area contributed by atoms with E-state index in [1.54, 1.807) is 4.90 Å². The number of rotatable bonds is 9. The summed E-state index contributed by atoms with van der Waals surface area (Å²) >= 11 is 0. The van der Waals surface area contributed by atoms with Crippen LogP contribution in [-0.4, -0.2) is 52.7 Å². The average molecular weight is 483 g/mol. The molecule has 0 aliphatic carbocycles. The zero-order chi connectivity index (χ0) is 26.2. The molecule has 0 N–H and O–H groups in total. The number of ether oxygens (including phenoxy) is 2. The van der Waals surface area contributed by atoms with E-state index in [1.165, 1.54) is 0 Å². The van der Waals surface area contributed by atoms with Crippen LogP contribution in [0.15, 0.2) is 60.7 Å². The number of benzene rings is 2. The largest absolute Gasteiger partial charge is 0.459 e. The second-order valence-corrected chi connectivity index (χ2v) is 11.0. The van der Waals surface area contributed by atoms with Crippen LogP contribution in [0.2, 0.25) is 0 Å². The highest BCUT2D eigenvalue weighted by Gasteiger charge is 2.33. The highest BCUT2D eigenvalue weighted by molar-refractivity contribution is 5.76. The molecule has 0 heterocycles. The lowest BCUT2D eigenvalue weighted by molar-refractivity contribution is -0.162. The molecule has 192 valence electrons. The zero-order valence-corrected chi connectivity index (χ0v) is 22.6. The van der Waals surface area contributed by atoms with Gasteiger partial charge >= 0.3 is 12.1 Å². The number of hydrogen-bond acceptors (Lipinski definition) is 5. The van der Waals surface area contributed by atoms with Crippen molar-refractivity contribution in [3.05, 3.63) is 71.8 Å². The predicted molar refractivity (Wildman–Crippen MR) is 140 cm³/mol. The molecular weight excluding hydrogens is 440 g/mol. The van der Waals surface area contributed by atoms with Gasteiger partial charge in [-0.25, -0.2) is 4.79 Å². The van der Waals surface area contributed by atoms with Gasteiger partial charge in [0, 0.05) is 19.1 Å². The normalized spacial score (nSPS) is 13.7. The van der Waals surface area contributed by atoms with Crippen molar-refractivity contribution in [2.75, 3.05) is 13.6 Å². The maximum absolute atomic E-state index is 13.3. The van der Waals surface area contributed by atoms with Crippen molar-refractivity contribution in [1.29, 1.82) is 0 Å². The molecule has 0 aromatic heterocycles. The Morgan fingerprint density at radius 2 is 1.34 bits per heavy atom. The fourth-order valence-corrected chi connectivity index (χ4v) is 3.74. The number of amides is 1. The SMILES string of the molecule is C[C@@H](c1ccccc1)N(C)[C@@H](CCN(Cc1ccccc1)C(=O)OC(C)(C)C)C(=O)OC(C)(C)C. The third-order valence-corrected chi connectivity index (χ3v) is 5.60. The van der Waals surface area contributed by atoms with E-state index in [0.29, 0.717) is 19.5 Å². The Bertz CT molecular complexity index is 933. The van der Waals surface area contributed by atoms with Gasteiger partial charge in [-0.2, -0.15) is 0 Å². The van der Waals surface area contributed by atoms with Crippen molar-refractivity contribution < 1.29 is 19.1 Å². The van der Waals surface area contributed by atoms with Crippen molar-refractivity contribution in [2.45, 2.75) is 84.7 Å². The molecule has 0 aliphatic heterocycles. The van der Waals surface area contributed by atoms with Crippen molar-refractivity contribution in [2.24, 2.45) is 0 Å². The van der Waals surface area contributed by atoms with Crippen molar-refractivity contribution in [1.82, 2.24) is 9.80 Å². The van der Waals surface area contributed by atoms with Gasteiger partial charge < -0.3 is 14.4 Å². The van der Waals surface area contributed by atoms with Gasteiger partial charge in [0.15, 0.2) is 0 Å². The average Bonchev–Trinajstić information content (AvgIpc) is 2.76. The van der Waals surface area contributed by atoms with E-state index in [-0.39, 0.29) is 12.0 Å². The van der Waals surface area contributed by atoms with Gasteiger partial charge in [-0.1, -0.05) is 60.7 Å². The number of likely N-dealkylation sites (N-methyl/N-ethyl adjacent to an activating group) is 1. The van der Waals surface area contributed by atoms with Gasteiger partial charge in [-0.05, 0) is 73.1 Å². The van der Waals surface area contributed by atoms with Crippen LogP contribution < -0.4 is 0 Å². The van der Waals surface area contributed by atoms with Crippen molar-refractivity contribution in [3.63, 3.8) is 0 Å². The van der Waals surface area contributed by atoms with Crippen LogP contribution in [0, 0.1) is 0 Å². The fraction of sp³-hybridized carbons (Fsp3) is 0.517. The van der Waals surface area contributed by atoms with E-state index in [2.05, 4.69) is 19.1 Å². The summed E-state index contributed by atoms with van der Waals surface area (Å²) in [4.78, 5) is 30.1. The fourth-order valence-electron chi connectivity index (χ4n) is 3.74. The molecule has 0 saturated heterocycles. The molecule has 6 nitrogen and oxygen atoms in total. The molecular formula is C29H42N2O4. The number of carbonyl (C=O) groups is 2. The Labute approximate surface area is 211 Å². The summed E-state index contributed by atoms with van der Waals surface area (Å²) in [5.74, 6) is -0.299. The number of esters is 1. The molecule has 1 amide bonds. The third-order valence-electron chi connectivity index (χ3n) is 5.60. The quantitative estimate of drug-likeness (QED) is 0.397. The molecule has 2 aromatic rings. The highest BCUT2D eigenvalue weighted by atomic mass is 16.6. The second-order valence-electron chi connectivity index (χ2n) is 11.0. The Hall–Kier alpha value is -2.86. The molecule has 0 bridgehead atoms. The molecule has 0 aliphatic rings. The van der Waals surface area contributed by atoms with Gasteiger partial charge in [0.2, 0.25) is 0 Å². The minimum Gasteiger partial charge on any atom is -0.459 e. The summed E-state index contributed by atoms with van der Waals surface area (Å²) < 4.78 is 11.5. The summed E-state index contributed by atoms with van der Waals surface area (Å²) in [6, 6.07) is 19.3. The Balaban J connectivity index is 2.27. The lowest BCUT2D eigenvalue weighted by atomic mass is 10.0. The standard InChI is InChI=1S/C29H42N2O4/c1-22(24-17-13-10-14-18-24)30(8)25(26(32)34-28(2,3)4)19-20-31(27(33)35-29(5,6)7)21-23-15-11-9-12-16-23/h9-18,22,25H,19-21H2,1-8H3/t22-,25-/m0/s1. The van der Waals surface area contributed by atoms with E-state index in [4.69, 9.17) is 9.47 Å². The van der Waals surface area contributed by atoms with E-state index in [9.17, 15) is 9.59 Å². The maximum Gasteiger partial charge on any atom is 0.410 e. The summed E-state index contributed by atoms with van der Waals surface area (Å²) in [7, 11) is 1.93. The van der Waals surface area contributed by atoms with Crippen LogP contribution in [0.5, 0.6) is 0 Å². The summed E-state index contributed by atoms with van der Waals surface area (Å²) in [6.07, 6.45) is 0.0114. The van der Waals surface area contributed by atoms with E-state index in [0.717, 1.165) is 11.1 Å². The molecule has 2 atom stereocenters. The number of hydrogen-bond donors (Lipinski definition) is 0. The summed E-state index contributed by atoms with van der Waals surface area (Å²) in [5, 5.41) is 0. The van der Waals surface area contributed by atoms with E-state index in [1.807, 2.05) is 102 Å². The van der Waals surface area contributed by atoms with Crippen molar-refractivity contribution in [3.8, 4) is 0 Å². The van der Waals surface area contributed by atoms with Gasteiger partial charge in [0.1, 0.15) is 17.2 Å². The van der Waals surface area contributed by atoms with E-state index >= 15 is 0 Å². The number of nitrogens with zero attached hydrogens (tertiary/aromatic N) is 2. The first-order valence-corrected chi connectivity index (χ1v) is 12.3. The van der Waals surface area contributed by atoms with Crippen LogP contribution in [0.1, 0.15) is 72.1 Å². The Morgan fingerprint density at radius 1 is 0.829 bits per heavy atom. The van der Waals surface area contributed by atoms with Crippen molar-refractivity contribution >= 4 is 12.1 Å². The van der Waals surface area contributed by atoms with E-state index < -0.39 is 23.3 Å². The van der Waals surface area contributed by atoms with Gasteiger partial charge in [0.05, 0.1) is 0 Å². The first-order valence-electron chi connectivity index (χ1n) is 12.3. The molecule has 0 spiro atoms. The number of carbonyl (C=O) groups excluding carboxylic acids is 2. The van der Waals surface area contributed by atoms with Gasteiger partial charge in [-0.3, -0.25) is 9.69 Å². The van der Waals surface area contributed by atoms with Crippen LogP contribution in [0.25, 0.3) is 0 Å². The maximum atomic E-state index is 13.3. The molecule has 2 aromatic carbocycles. The third kappa shape index (κ3) is 9.73. The Kier molecular flexibility index (Phi) is 9.90. The smallest absolute Gasteiger partial charge is 0.410 e. The first kappa shape index (κ1) is 28.4. The molecule has 0 saturated carbocycles. The molecule has 6 heteroatoms. The molecule has 35 heavy (non-hydrogen) atoms. The first-order chi connectivity index (χ1) is 16.3. The lowest BCUT2D eigenvalue weighted by Crippen LogP contribution is -2.46. The topological polar surface area (TPSA) is 59.1 Å². The Morgan fingerprint density at radius 3 is 1.86 bits per heavy atom. The molecule has 2 rings (SSSR count). The minimum absolute atomic E-state index is 0.0159. The van der Waals surface area contributed by atoms with Gasteiger partial charge in [-0.15, -0.1) is 0 Å². The monoisotopic (exact) mass is 482 g/mol. The van der Waals surface area contributed by atoms with Crippen LogP contribution >= 0.6 is 0 Å². The second kappa shape index (κ2) is 12.2. The predicted octanol–water partition coefficient (Wildman–Crippen LogP) is 6.22. The van der Waals surface area contributed by atoms with Crippen LogP contribution in [-0.2, 0) is 20.8 Å². The lowest BCUT2D eigenvalue weighted by Gasteiger charge is -2.35. The van der Waals surface area contributed by atoms with Crippen LogP contribution in [0.3, 0.4) is 0 Å². The van der Waals surface area contributed by atoms with Crippen LogP contribution in [0.4, 0.5) is 4.79 Å². The molecule has 0 unspecified atom stereocenters. The van der Waals surface area contributed by atoms with Gasteiger partial charge in [0.25, 0.3) is 0 Å². The minimum atomic E-state index is -0.616.